The van der Waals surface area contributed by atoms with Gasteiger partial charge in [-0.3, -0.25) is 0 Å². The standard InChI is InChI=1S/C16H18O3/c1-10-13-8-18-9-16(2,3)15(13)19-14(10)11-5-4-6-12(17)7-11/h4-7,17H,8-9H2,1-3H3. The first-order chi connectivity index (χ1) is 8.99. The van der Waals surface area contributed by atoms with Crippen LogP contribution < -0.4 is 0 Å². The quantitative estimate of drug-likeness (QED) is 0.846. The van der Waals surface area contributed by atoms with Gasteiger partial charge in [-0.15, -0.1) is 0 Å². The summed E-state index contributed by atoms with van der Waals surface area (Å²) in [5.74, 6) is 2.09. The van der Waals surface area contributed by atoms with E-state index in [1.54, 1.807) is 12.1 Å². The van der Waals surface area contributed by atoms with Crippen molar-refractivity contribution in [1.29, 1.82) is 0 Å². The third kappa shape index (κ3) is 1.94. The summed E-state index contributed by atoms with van der Waals surface area (Å²) < 4.78 is 11.8. The molecule has 1 aromatic carbocycles. The van der Waals surface area contributed by atoms with E-state index in [-0.39, 0.29) is 11.2 Å². The average Bonchev–Trinajstić information content (AvgIpc) is 2.68. The average molecular weight is 258 g/mol. The van der Waals surface area contributed by atoms with E-state index in [4.69, 9.17) is 9.15 Å². The molecule has 0 saturated carbocycles. The molecule has 19 heavy (non-hydrogen) atoms. The van der Waals surface area contributed by atoms with Gasteiger partial charge in [-0.1, -0.05) is 26.0 Å². The molecule has 3 rings (SSSR count). The van der Waals surface area contributed by atoms with E-state index < -0.39 is 0 Å². The number of benzene rings is 1. The van der Waals surface area contributed by atoms with Crippen LogP contribution in [0.3, 0.4) is 0 Å². The minimum absolute atomic E-state index is 0.104. The molecule has 0 radical (unpaired) electrons. The summed E-state index contributed by atoms with van der Waals surface area (Å²) in [6, 6.07) is 7.16. The molecule has 0 bridgehead atoms. The van der Waals surface area contributed by atoms with E-state index in [0.29, 0.717) is 13.2 Å². The molecule has 3 nitrogen and oxygen atoms in total. The molecule has 0 unspecified atom stereocenters. The van der Waals surface area contributed by atoms with Crippen LogP contribution in [0, 0.1) is 6.92 Å². The maximum atomic E-state index is 9.60. The van der Waals surface area contributed by atoms with Crippen molar-refractivity contribution in [3.05, 3.63) is 41.2 Å². The van der Waals surface area contributed by atoms with Gasteiger partial charge in [0.1, 0.15) is 17.3 Å². The fourth-order valence-corrected chi connectivity index (χ4v) is 2.66. The number of ether oxygens (including phenoxy) is 1. The van der Waals surface area contributed by atoms with Crippen molar-refractivity contribution in [3.63, 3.8) is 0 Å². The SMILES string of the molecule is Cc1c(-c2cccc(O)c2)oc2c1COCC2(C)C. The predicted molar refractivity (Wildman–Crippen MR) is 73.2 cm³/mol. The molecule has 1 aromatic heterocycles. The van der Waals surface area contributed by atoms with Gasteiger partial charge in [-0.2, -0.15) is 0 Å². The fraction of sp³-hybridized carbons (Fsp3) is 0.375. The summed E-state index contributed by atoms with van der Waals surface area (Å²) in [6.07, 6.45) is 0. The molecule has 1 aliphatic heterocycles. The molecule has 0 saturated heterocycles. The van der Waals surface area contributed by atoms with Crippen LogP contribution in [0.4, 0.5) is 0 Å². The lowest BCUT2D eigenvalue weighted by molar-refractivity contribution is 0.0533. The lowest BCUT2D eigenvalue weighted by Crippen LogP contribution is -2.29. The minimum Gasteiger partial charge on any atom is -0.508 e. The third-order valence-electron chi connectivity index (χ3n) is 3.70. The van der Waals surface area contributed by atoms with Gasteiger partial charge in [0.15, 0.2) is 0 Å². The molecule has 0 spiro atoms. The third-order valence-corrected chi connectivity index (χ3v) is 3.70. The monoisotopic (exact) mass is 258 g/mol. The van der Waals surface area contributed by atoms with Gasteiger partial charge in [0.25, 0.3) is 0 Å². The van der Waals surface area contributed by atoms with Crippen LogP contribution in [-0.2, 0) is 16.8 Å². The number of phenols is 1. The van der Waals surface area contributed by atoms with E-state index >= 15 is 0 Å². The van der Waals surface area contributed by atoms with Crippen LogP contribution in [0.2, 0.25) is 0 Å². The molecule has 0 atom stereocenters. The zero-order chi connectivity index (χ0) is 13.6. The second-order valence-corrected chi connectivity index (χ2v) is 5.79. The normalized spacial score (nSPS) is 17.2. The molecular weight excluding hydrogens is 240 g/mol. The lowest BCUT2D eigenvalue weighted by Gasteiger charge is -2.28. The van der Waals surface area contributed by atoms with Gasteiger partial charge in [0.05, 0.1) is 13.2 Å². The van der Waals surface area contributed by atoms with E-state index in [9.17, 15) is 5.11 Å². The van der Waals surface area contributed by atoms with Crippen LogP contribution >= 0.6 is 0 Å². The van der Waals surface area contributed by atoms with E-state index in [0.717, 1.165) is 28.2 Å². The van der Waals surface area contributed by atoms with Crippen molar-refractivity contribution in [2.75, 3.05) is 6.61 Å². The zero-order valence-corrected chi connectivity index (χ0v) is 11.5. The molecule has 0 aliphatic carbocycles. The van der Waals surface area contributed by atoms with Crippen molar-refractivity contribution in [2.24, 2.45) is 0 Å². The smallest absolute Gasteiger partial charge is 0.137 e. The molecular formula is C16H18O3. The minimum atomic E-state index is -0.104. The van der Waals surface area contributed by atoms with Gasteiger partial charge >= 0.3 is 0 Å². The van der Waals surface area contributed by atoms with Crippen LogP contribution in [0.1, 0.15) is 30.7 Å². The highest BCUT2D eigenvalue weighted by Crippen LogP contribution is 2.40. The van der Waals surface area contributed by atoms with Crippen molar-refractivity contribution < 1.29 is 14.3 Å². The van der Waals surface area contributed by atoms with Gasteiger partial charge in [-0.05, 0) is 19.1 Å². The molecule has 2 aromatic rings. The Morgan fingerprint density at radius 3 is 2.74 bits per heavy atom. The highest BCUT2D eigenvalue weighted by atomic mass is 16.5. The Bertz CT molecular complexity index is 623. The first kappa shape index (κ1) is 12.3. The Morgan fingerprint density at radius 2 is 2.05 bits per heavy atom. The van der Waals surface area contributed by atoms with Gasteiger partial charge < -0.3 is 14.3 Å². The molecule has 0 fully saturated rings. The molecule has 2 heterocycles. The second-order valence-electron chi connectivity index (χ2n) is 5.79. The number of hydrogen-bond donors (Lipinski definition) is 1. The molecule has 0 amide bonds. The van der Waals surface area contributed by atoms with Crippen LogP contribution in [0.5, 0.6) is 5.75 Å². The summed E-state index contributed by atoms with van der Waals surface area (Å²) in [7, 11) is 0. The van der Waals surface area contributed by atoms with E-state index in [2.05, 4.69) is 13.8 Å². The molecule has 1 N–H and O–H groups in total. The first-order valence-electron chi connectivity index (χ1n) is 6.49. The molecule has 100 valence electrons. The van der Waals surface area contributed by atoms with Gasteiger partial charge in [-0.25, -0.2) is 0 Å². The predicted octanol–water partition coefficient (Wildman–Crippen LogP) is 3.77. The number of hydrogen-bond acceptors (Lipinski definition) is 3. The molecule has 3 heteroatoms. The Kier molecular flexibility index (Phi) is 2.68. The van der Waals surface area contributed by atoms with Crippen LogP contribution in [0.25, 0.3) is 11.3 Å². The summed E-state index contributed by atoms with van der Waals surface area (Å²) in [6.45, 7) is 7.58. The number of fused-ring (bicyclic) bond motifs is 1. The van der Waals surface area contributed by atoms with Crippen molar-refractivity contribution in [1.82, 2.24) is 0 Å². The second kappa shape index (κ2) is 4.14. The number of furan rings is 1. The van der Waals surface area contributed by atoms with Crippen LogP contribution in [-0.4, -0.2) is 11.7 Å². The summed E-state index contributed by atoms with van der Waals surface area (Å²) in [5.41, 5.74) is 3.05. The van der Waals surface area contributed by atoms with Crippen molar-refractivity contribution in [2.45, 2.75) is 32.8 Å². The van der Waals surface area contributed by atoms with Crippen LogP contribution in [0.15, 0.2) is 28.7 Å². The summed E-state index contributed by atoms with van der Waals surface area (Å²) >= 11 is 0. The zero-order valence-electron chi connectivity index (χ0n) is 11.5. The number of aromatic hydroxyl groups is 1. The van der Waals surface area contributed by atoms with Gasteiger partial charge in [0.2, 0.25) is 0 Å². The number of phenolic OH excluding ortho intramolecular Hbond substituents is 1. The largest absolute Gasteiger partial charge is 0.508 e. The van der Waals surface area contributed by atoms with E-state index in [1.807, 2.05) is 19.1 Å². The summed E-state index contributed by atoms with van der Waals surface area (Å²) in [5, 5.41) is 9.60. The highest BCUT2D eigenvalue weighted by Gasteiger charge is 2.34. The number of rotatable bonds is 1. The van der Waals surface area contributed by atoms with E-state index in [1.165, 1.54) is 0 Å². The molecule has 1 aliphatic rings. The van der Waals surface area contributed by atoms with Gasteiger partial charge in [0, 0.05) is 22.1 Å². The lowest BCUT2D eigenvalue weighted by atomic mass is 9.86. The highest BCUT2D eigenvalue weighted by molar-refractivity contribution is 5.65. The summed E-state index contributed by atoms with van der Waals surface area (Å²) in [4.78, 5) is 0. The van der Waals surface area contributed by atoms with Crippen molar-refractivity contribution >= 4 is 0 Å². The van der Waals surface area contributed by atoms with Crippen molar-refractivity contribution in [3.8, 4) is 17.1 Å². The first-order valence-corrected chi connectivity index (χ1v) is 6.49. The Hall–Kier alpha value is -1.74. The Labute approximate surface area is 112 Å². The topological polar surface area (TPSA) is 42.6 Å². The fourth-order valence-electron chi connectivity index (χ4n) is 2.66. The Morgan fingerprint density at radius 1 is 1.26 bits per heavy atom. The maximum absolute atomic E-state index is 9.60. The Balaban J connectivity index is 2.17. The maximum Gasteiger partial charge on any atom is 0.137 e.